The predicted molar refractivity (Wildman–Crippen MR) is 92.5 cm³/mol. The number of halogens is 1. The fraction of sp³-hybridized carbons (Fsp3) is 0.222. The number of hydrogen-bond donors (Lipinski definition) is 2. The number of ether oxygens (including phenoxy) is 1. The molecule has 2 N–H and O–H groups in total. The number of benzene rings is 2. The Morgan fingerprint density at radius 3 is 3.04 bits per heavy atom. The third-order valence-corrected chi connectivity index (χ3v) is 5.32. The number of fused-ring (bicyclic) bond motifs is 2. The summed E-state index contributed by atoms with van der Waals surface area (Å²) in [5.74, 6) is 0.554. The van der Waals surface area contributed by atoms with Crippen molar-refractivity contribution >= 4 is 29.3 Å². The molecule has 2 heterocycles. The molecule has 128 valence electrons. The second-order valence-electron chi connectivity index (χ2n) is 5.89. The van der Waals surface area contributed by atoms with Gasteiger partial charge >= 0.3 is 0 Å². The van der Waals surface area contributed by atoms with E-state index in [-0.39, 0.29) is 30.3 Å². The number of amides is 2. The zero-order chi connectivity index (χ0) is 17.4. The van der Waals surface area contributed by atoms with Crippen molar-refractivity contribution in [3.8, 4) is 5.75 Å². The van der Waals surface area contributed by atoms with Crippen LogP contribution >= 0.6 is 11.8 Å². The van der Waals surface area contributed by atoms with Gasteiger partial charge in [0.15, 0.2) is 6.61 Å². The molecular weight excluding hydrogens is 343 g/mol. The molecule has 0 bridgehead atoms. The fourth-order valence-corrected chi connectivity index (χ4v) is 4.08. The van der Waals surface area contributed by atoms with Gasteiger partial charge in [-0.25, -0.2) is 4.39 Å². The van der Waals surface area contributed by atoms with Gasteiger partial charge in [-0.2, -0.15) is 0 Å². The molecular formula is C18H15FN2O3S. The number of thioether (sulfide) groups is 1. The van der Waals surface area contributed by atoms with E-state index >= 15 is 0 Å². The summed E-state index contributed by atoms with van der Waals surface area (Å²) < 4.78 is 18.9. The Balaban J connectivity index is 1.55. The van der Waals surface area contributed by atoms with Crippen LogP contribution in [-0.4, -0.2) is 24.2 Å². The number of anilines is 1. The highest BCUT2D eigenvalue weighted by molar-refractivity contribution is 7.99. The maximum atomic E-state index is 13.6. The highest BCUT2D eigenvalue weighted by atomic mass is 32.2. The number of carbonyl (C=O) groups is 2. The van der Waals surface area contributed by atoms with Crippen LogP contribution in [0.25, 0.3) is 0 Å². The maximum absolute atomic E-state index is 13.6. The van der Waals surface area contributed by atoms with Crippen LogP contribution in [0.1, 0.15) is 28.4 Å². The lowest BCUT2D eigenvalue weighted by Gasteiger charge is -2.26. The van der Waals surface area contributed by atoms with Crippen LogP contribution in [-0.2, 0) is 4.79 Å². The zero-order valence-corrected chi connectivity index (χ0v) is 14.0. The van der Waals surface area contributed by atoms with Crippen molar-refractivity contribution in [3.63, 3.8) is 0 Å². The van der Waals surface area contributed by atoms with Gasteiger partial charge in [0, 0.05) is 16.2 Å². The van der Waals surface area contributed by atoms with Crippen molar-refractivity contribution in [1.82, 2.24) is 5.32 Å². The lowest BCUT2D eigenvalue weighted by Crippen LogP contribution is -2.31. The average molecular weight is 358 g/mol. The van der Waals surface area contributed by atoms with Crippen LogP contribution in [0.2, 0.25) is 0 Å². The molecule has 7 heteroatoms. The topological polar surface area (TPSA) is 67.4 Å². The molecule has 0 saturated heterocycles. The number of rotatable bonds is 2. The van der Waals surface area contributed by atoms with Gasteiger partial charge in [-0.05, 0) is 48.4 Å². The zero-order valence-electron chi connectivity index (χ0n) is 13.2. The summed E-state index contributed by atoms with van der Waals surface area (Å²) in [4.78, 5) is 24.9. The smallest absolute Gasteiger partial charge is 0.262 e. The van der Waals surface area contributed by atoms with Crippen molar-refractivity contribution in [2.24, 2.45) is 0 Å². The molecule has 2 aliphatic heterocycles. The molecule has 0 spiro atoms. The van der Waals surface area contributed by atoms with Gasteiger partial charge in [0.25, 0.3) is 11.8 Å². The van der Waals surface area contributed by atoms with E-state index in [1.807, 2.05) is 0 Å². The molecule has 0 saturated carbocycles. The molecule has 5 nitrogen and oxygen atoms in total. The van der Waals surface area contributed by atoms with E-state index in [9.17, 15) is 14.0 Å². The summed E-state index contributed by atoms with van der Waals surface area (Å²) in [5.41, 5.74) is 1.80. The van der Waals surface area contributed by atoms with E-state index in [1.165, 1.54) is 12.1 Å². The van der Waals surface area contributed by atoms with Crippen LogP contribution in [0.3, 0.4) is 0 Å². The Morgan fingerprint density at radius 1 is 1.28 bits per heavy atom. The van der Waals surface area contributed by atoms with Crippen LogP contribution in [0.15, 0.2) is 41.3 Å². The second kappa shape index (κ2) is 6.40. The first-order valence-electron chi connectivity index (χ1n) is 7.90. The van der Waals surface area contributed by atoms with Gasteiger partial charge in [0.05, 0.1) is 11.7 Å². The second-order valence-corrected chi connectivity index (χ2v) is 7.03. The van der Waals surface area contributed by atoms with Gasteiger partial charge < -0.3 is 15.4 Å². The predicted octanol–water partition coefficient (Wildman–Crippen LogP) is 3.12. The molecule has 0 fully saturated rings. The quantitative estimate of drug-likeness (QED) is 0.866. The third-order valence-electron chi connectivity index (χ3n) is 4.19. The summed E-state index contributed by atoms with van der Waals surface area (Å²) in [5, 5.41) is 5.66. The van der Waals surface area contributed by atoms with E-state index in [0.29, 0.717) is 17.0 Å². The minimum atomic E-state index is -0.307. The molecule has 4 rings (SSSR count). The molecule has 0 aromatic heterocycles. The van der Waals surface area contributed by atoms with Gasteiger partial charge in [-0.1, -0.05) is 0 Å². The van der Waals surface area contributed by atoms with Gasteiger partial charge in [0.2, 0.25) is 0 Å². The lowest BCUT2D eigenvalue weighted by atomic mass is 10.0. The molecule has 0 radical (unpaired) electrons. The standard InChI is InChI=1S/C18H15FN2O3S/c19-11-2-4-16-12(8-11)13(5-6-25-16)21-18(23)10-1-3-14-15(7-10)24-9-17(22)20-14/h1-4,7-8,13H,5-6,9H2,(H,20,22)(H,21,23). The summed E-state index contributed by atoms with van der Waals surface area (Å²) in [6, 6.07) is 9.33. The van der Waals surface area contributed by atoms with Gasteiger partial charge in [-0.3, -0.25) is 9.59 Å². The summed E-state index contributed by atoms with van der Waals surface area (Å²) in [6.45, 7) is -0.0649. The number of carbonyl (C=O) groups excluding carboxylic acids is 2. The van der Waals surface area contributed by atoms with E-state index in [0.717, 1.165) is 22.6 Å². The first kappa shape index (κ1) is 16.0. The maximum Gasteiger partial charge on any atom is 0.262 e. The Kier molecular flexibility index (Phi) is 4.09. The van der Waals surface area contributed by atoms with Crippen LogP contribution in [0.4, 0.5) is 10.1 Å². The van der Waals surface area contributed by atoms with E-state index < -0.39 is 0 Å². The van der Waals surface area contributed by atoms with Crippen molar-refractivity contribution in [2.75, 3.05) is 17.7 Å². The highest BCUT2D eigenvalue weighted by Gasteiger charge is 2.24. The normalized spacial score (nSPS) is 18.4. The monoisotopic (exact) mass is 358 g/mol. The summed E-state index contributed by atoms with van der Waals surface area (Å²) in [6.07, 6.45) is 0.740. The molecule has 1 unspecified atom stereocenters. The van der Waals surface area contributed by atoms with Crippen molar-refractivity contribution in [1.29, 1.82) is 0 Å². The van der Waals surface area contributed by atoms with Crippen LogP contribution < -0.4 is 15.4 Å². The Morgan fingerprint density at radius 2 is 2.16 bits per heavy atom. The van der Waals surface area contributed by atoms with Gasteiger partial charge in [-0.15, -0.1) is 11.8 Å². The van der Waals surface area contributed by atoms with E-state index in [4.69, 9.17) is 4.74 Å². The first-order chi connectivity index (χ1) is 12.1. The number of nitrogens with one attached hydrogen (secondary N) is 2. The molecule has 2 aromatic carbocycles. The molecule has 0 aliphatic carbocycles. The molecule has 2 aliphatic rings. The van der Waals surface area contributed by atoms with Gasteiger partial charge in [0.1, 0.15) is 11.6 Å². The van der Waals surface area contributed by atoms with E-state index in [2.05, 4.69) is 10.6 Å². The van der Waals surface area contributed by atoms with Crippen LogP contribution in [0, 0.1) is 5.82 Å². The average Bonchev–Trinajstić information content (AvgIpc) is 2.61. The van der Waals surface area contributed by atoms with Crippen LogP contribution in [0.5, 0.6) is 5.75 Å². The lowest BCUT2D eigenvalue weighted by molar-refractivity contribution is -0.118. The summed E-state index contributed by atoms with van der Waals surface area (Å²) in [7, 11) is 0. The molecule has 1 atom stereocenters. The third kappa shape index (κ3) is 3.19. The van der Waals surface area contributed by atoms with Crippen molar-refractivity contribution in [2.45, 2.75) is 17.4 Å². The highest BCUT2D eigenvalue weighted by Crippen LogP contribution is 2.37. The first-order valence-corrected chi connectivity index (χ1v) is 8.88. The number of hydrogen-bond acceptors (Lipinski definition) is 4. The Bertz CT molecular complexity index is 871. The Labute approximate surface area is 147 Å². The largest absolute Gasteiger partial charge is 0.482 e. The Hall–Kier alpha value is -2.54. The SMILES string of the molecule is O=C1COc2cc(C(=O)NC3CCSc4ccc(F)cc43)ccc2N1. The minimum absolute atomic E-state index is 0.0649. The molecule has 2 amide bonds. The molecule has 25 heavy (non-hydrogen) atoms. The minimum Gasteiger partial charge on any atom is -0.482 e. The summed E-state index contributed by atoms with van der Waals surface area (Å²) >= 11 is 1.66. The fourth-order valence-electron chi connectivity index (χ4n) is 2.97. The molecule has 2 aromatic rings. The van der Waals surface area contributed by atoms with Crippen molar-refractivity contribution < 1.29 is 18.7 Å². The van der Waals surface area contributed by atoms with Crippen molar-refractivity contribution in [3.05, 3.63) is 53.3 Å². The van der Waals surface area contributed by atoms with E-state index in [1.54, 1.807) is 36.0 Å².